The van der Waals surface area contributed by atoms with Gasteiger partial charge in [0.25, 0.3) is 0 Å². The number of benzene rings is 4. The molecule has 0 spiro atoms. The van der Waals surface area contributed by atoms with Crippen molar-refractivity contribution in [3.8, 4) is 45.6 Å². The summed E-state index contributed by atoms with van der Waals surface area (Å²) in [5.74, 6) is 0.651. The van der Waals surface area contributed by atoms with Crippen LogP contribution in [0.4, 0.5) is 0 Å². The Kier molecular flexibility index (Phi) is 6.00. The molecule has 4 aromatic carbocycles. The number of nitrogens with one attached hydrogen (secondary N) is 1. The molecule has 16 heteroatoms. The molecule has 0 fully saturated rings. The Hall–Kier alpha value is -5.46. The fourth-order valence-electron chi connectivity index (χ4n) is 6.25. The second-order valence-electron chi connectivity index (χ2n) is 11.1. The minimum Gasteiger partial charge on any atom is -0.324 e. The monoisotopic (exact) mass is 674 g/mol. The molecule has 5 N–H and O–H groups in total. The van der Waals surface area contributed by atoms with E-state index in [0.717, 1.165) is 4.34 Å². The zero-order valence-corrected chi connectivity index (χ0v) is 26.1. The molecule has 0 radical (unpaired) electrons. The lowest BCUT2D eigenvalue weighted by atomic mass is 10.1. The lowest BCUT2D eigenvalue weighted by Crippen LogP contribution is -2.04. The topological polar surface area (TPSA) is 213 Å². The van der Waals surface area contributed by atoms with Crippen LogP contribution in [0, 0.1) is 0 Å². The summed E-state index contributed by atoms with van der Waals surface area (Å²) in [6.45, 7) is 0. The van der Waals surface area contributed by atoms with E-state index in [9.17, 15) is 28.7 Å². The summed E-state index contributed by atoms with van der Waals surface area (Å²) in [6, 6.07) is 25.6. The molecule has 0 atom stereocenters. The number of rotatable bonds is 2. The highest BCUT2D eigenvalue weighted by Gasteiger charge is 2.29. The maximum absolute atomic E-state index is 13.2. The van der Waals surface area contributed by atoms with Crippen molar-refractivity contribution in [3.63, 3.8) is 0 Å². The van der Waals surface area contributed by atoms with Crippen molar-refractivity contribution < 1.29 is 28.7 Å². The van der Waals surface area contributed by atoms with Crippen LogP contribution in [-0.4, -0.2) is 58.8 Å². The maximum Gasteiger partial charge on any atom is 0.437 e. The Morgan fingerprint density at radius 1 is 0.500 bits per heavy atom. The van der Waals surface area contributed by atoms with Gasteiger partial charge in [0.2, 0.25) is 0 Å². The maximum atomic E-state index is 13.2. The van der Waals surface area contributed by atoms with Gasteiger partial charge >= 0.3 is 15.3 Å². The summed E-state index contributed by atoms with van der Waals surface area (Å²) in [5.41, 5.74) is 2.42. The van der Waals surface area contributed by atoms with E-state index in [1.165, 1.54) is 12.1 Å². The third-order valence-corrected chi connectivity index (χ3v) is 10.2. The Labute approximate surface area is 268 Å². The van der Waals surface area contributed by atoms with Crippen molar-refractivity contribution >= 4 is 64.8 Å². The largest absolute Gasteiger partial charge is 0.437 e. The Morgan fingerprint density at radius 2 is 0.938 bits per heavy atom. The van der Waals surface area contributed by atoms with Gasteiger partial charge in [0.1, 0.15) is 11.3 Å². The number of hydrogen-bond donors (Lipinski definition) is 5. The van der Waals surface area contributed by atoms with Gasteiger partial charge in [-0.2, -0.15) is 0 Å². The summed E-state index contributed by atoms with van der Waals surface area (Å²) in [7, 11) is -9.88. The van der Waals surface area contributed by atoms with Crippen LogP contribution >= 0.6 is 15.3 Å². The van der Waals surface area contributed by atoms with Crippen molar-refractivity contribution in [1.29, 1.82) is 0 Å². The van der Waals surface area contributed by atoms with Crippen LogP contribution in [0.1, 0.15) is 0 Å². The van der Waals surface area contributed by atoms with Crippen LogP contribution in [0.25, 0.3) is 89.7 Å². The first-order valence-electron chi connectivity index (χ1n) is 14.4. The Bertz CT molecular complexity index is 2820. The summed E-state index contributed by atoms with van der Waals surface area (Å²) in [4.78, 5) is 73.8. The van der Waals surface area contributed by atoms with Crippen LogP contribution in [0.5, 0.6) is 0 Å². The Morgan fingerprint density at radius 3 is 1.42 bits per heavy atom. The number of aromatic nitrogens is 8. The van der Waals surface area contributed by atoms with Crippen LogP contribution in [0.15, 0.2) is 91.0 Å². The van der Waals surface area contributed by atoms with E-state index in [1.54, 1.807) is 78.9 Å². The van der Waals surface area contributed by atoms with E-state index in [2.05, 4.69) is 9.97 Å². The fourth-order valence-corrected chi connectivity index (χ4v) is 7.84. The average molecular weight is 675 g/mol. The minimum absolute atomic E-state index is 0.0563. The molecule has 0 saturated heterocycles. The third kappa shape index (κ3) is 4.29. The number of H-pyrrole nitrogens is 1. The third-order valence-electron chi connectivity index (χ3n) is 8.26. The van der Waals surface area contributed by atoms with Crippen molar-refractivity contribution in [1.82, 2.24) is 39.2 Å². The molecule has 0 aliphatic carbocycles. The first-order chi connectivity index (χ1) is 23.1. The van der Waals surface area contributed by atoms with Crippen LogP contribution in [0.2, 0.25) is 0 Å². The van der Waals surface area contributed by atoms with Crippen LogP contribution < -0.4 is 5.30 Å². The molecule has 48 heavy (non-hydrogen) atoms. The predicted octanol–water partition coefficient (Wildman–Crippen LogP) is 5.09. The highest BCUT2D eigenvalue weighted by Crippen LogP contribution is 2.46. The molecular formula is C32H20N8O6P2. The molecule has 3 aromatic heterocycles. The highest BCUT2D eigenvalue weighted by atomic mass is 31.2. The second kappa shape index (κ2) is 10.0. The predicted molar refractivity (Wildman–Crippen MR) is 179 cm³/mol. The molecule has 2 aliphatic heterocycles. The molecule has 8 bridgehead atoms. The van der Waals surface area contributed by atoms with Crippen LogP contribution in [0.3, 0.4) is 0 Å². The summed E-state index contributed by atoms with van der Waals surface area (Å²) in [5, 5.41) is 1.15. The molecule has 2 aliphatic rings. The van der Waals surface area contributed by atoms with Gasteiger partial charge in [-0.1, -0.05) is 84.9 Å². The SMILES string of the molecule is O=P(O)(O)c1cccc2c3nc4nc(nc5c6ccccc6c(nc6nc(nc([nH]3)c12)-c1ccccc1-6)n5P(=O)(O)O)-c1ccccc1-4. The normalized spacial score (nSPS) is 12.8. The standard InChI is InChI=1S/C32H20N8O6P2/c41-47(42,43)23-15-7-14-22-24(23)30-36-26-17-9-2-4-11-19(17)28(34-26)39-32-21-13-6-5-12-20(21)31(40(32)48(44,45)46)38-27-18-10-3-1-8-16(18)25(33-27)35-29(22)37-30/h1-15H,(H2,41,42,43)(H2,44,45,46)(H,33,34,35,36,37,38,39). The van der Waals surface area contributed by atoms with Gasteiger partial charge in [-0.25, -0.2) is 38.8 Å². The summed E-state index contributed by atoms with van der Waals surface area (Å²) >= 11 is 0. The van der Waals surface area contributed by atoms with Gasteiger partial charge in [-0.05, 0) is 6.07 Å². The number of hydrogen-bond acceptors (Lipinski definition) is 8. The second-order valence-corrected chi connectivity index (χ2v) is 14.1. The lowest BCUT2D eigenvalue weighted by molar-refractivity contribution is 0.364. The van der Waals surface area contributed by atoms with Gasteiger partial charge in [-0.3, -0.25) is 4.57 Å². The van der Waals surface area contributed by atoms with E-state index in [0.29, 0.717) is 38.4 Å². The molecule has 234 valence electrons. The van der Waals surface area contributed by atoms with Gasteiger partial charge in [0.05, 0.1) is 5.30 Å². The Balaban J connectivity index is 1.57. The number of nitrogens with zero attached hydrogens (tertiary/aromatic N) is 7. The molecule has 5 heterocycles. The first-order valence-corrected chi connectivity index (χ1v) is 17.6. The molecular weight excluding hydrogens is 654 g/mol. The molecule has 0 amide bonds. The first kappa shape index (κ1) is 28.7. The van der Waals surface area contributed by atoms with E-state index in [4.69, 9.17) is 24.9 Å². The van der Waals surface area contributed by atoms with Gasteiger partial charge in [0, 0.05) is 43.8 Å². The molecule has 14 nitrogen and oxygen atoms in total. The van der Waals surface area contributed by atoms with Crippen molar-refractivity contribution in [2.24, 2.45) is 0 Å². The van der Waals surface area contributed by atoms with E-state index < -0.39 is 15.3 Å². The van der Waals surface area contributed by atoms with Crippen molar-refractivity contribution in [2.75, 3.05) is 0 Å². The van der Waals surface area contributed by atoms with E-state index in [1.807, 2.05) is 0 Å². The smallest absolute Gasteiger partial charge is 0.324 e. The van der Waals surface area contributed by atoms with E-state index >= 15 is 0 Å². The highest BCUT2D eigenvalue weighted by molar-refractivity contribution is 7.60. The number of aromatic amines is 1. The molecule has 9 rings (SSSR count). The van der Waals surface area contributed by atoms with Gasteiger partial charge < -0.3 is 24.6 Å². The molecule has 7 aromatic rings. The van der Waals surface area contributed by atoms with Gasteiger partial charge in [-0.15, -0.1) is 0 Å². The molecule has 0 unspecified atom stereocenters. The zero-order chi connectivity index (χ0) is 32.9. The van der Waals surface area contributed by atoms with Gasteiger partial charge in [0.15, 0.2) is 34.6 Å². The zero-order valence-electron chi connectivity index (χ0n) is 24.3. The summed E-state index contributed by atoms with van der Waals surface area (Å²) < 4.78 is 26.7. The fraction of sp³-hybridized carbons (Fsp3) is 0. The number of fused-ring (bicyclic) bond motifs is 20. The van der Waals surface area contributed by atoms with Crippen LogP contribution in [-0.2, 0) is 9.13 Å². The van der Waals surface area contributed by atoms with Crippen molar-refractivity contribution in [3.05, 3.63) is 91.0 Å². The quantitative estimate of drug-likeness (QED) is 0.152. The van der Waals surface area contributed by atoms with E-state index in [-0.39, 0.29) is 56.6 Å². The van der Waals surface area contributed by atoms with Crippen molar-refractivity contribution in [2.45, 2.75) is 0 Å². The average Bonchev–Trinajstić information content (AvgIpc) is 3.78. The molecule has 0 saturated carbocycles. The lowest BCUT2D eigenvalue weighted by Gasteiger charge is -2.07. The summed E-state index contributed by atoms with van der Waals surface area (Å²) in [6.07, 6.45) is 0. The minimum atomic E-state index is -5.09.